The van der Waals surface area contributed by atoms with Crippen molar-refractivity contribution in [1.82, 2.24) is 0 Å². The van der Waals surface area contributed by atoms with Crippen LogP contribution in [0.3, 0.4) is 0 Å². The van der Waals surface area contributed by atoms with Gasteiger partial charge in [-0.2, -0.15) is 0 Å². The molecule has 154 valence electrons. The molecule has 0 spiro atoms. The molecule has 0 amide bonds. The zero-order valence-corrected chi connectivity index (χ0v) is 19.5. The zero-order chi connectivity index (χ0) is 19.4. The minimum absolute atomic E-state index is 0.472. The van der Waals surface area contributed by atoms with E-state index in [0.717, 1.165) is 23.7 Å². The van der Waals surface area contributed by atoms with E-state index in [1.165, 1.54) is 63.5 Å². The van der Waals surface area contributed by atoms with E-state index in [4.69, 9.17) is 9.26 Å². The van der Waals surface area contributed by atoms with E-state index in [-0.39, 0.29) is 0 Å². The van der Waals surface area contributed by atoms with E-state index in [2.05, 4.69) is 38.6 Å². The molecule has 0 unspecified atom stereocenters. The minimum Gasteiger partial charge on any atom is -0.415 e. The van der Waals surface area contributed by atoms with Crippen molar-refractivity contribution in [3.63, 3.8) is 0 Å². The lowest BCUT2D eigenvalue weighted by Gasteiger charge is -2.60. The number of nitrogens with zero attached hydrogens (tertiary/aromatic N) is 1. The van der Waals surface area contributed by atoms with Gasteiger partial charge in [-0.25, -0.2) is 0 Å². The molecule has 4 saturated carbocycles. The van der Waals surface area contributed by atoms with E-state index in [1.54, 1.807) is 7.11 Å². The summed E-state index contributed by atoms with van der Waals surface area (Å²) in [5, 5.41) is 4.38. The Balaban J connectivity index is 1.51. The van der Waals surface area contributed by atoms with Crippen LogP contribution >= 0.6 is 0 Å². The van der Waals surface area contributed by atoms with Crippen LogP contribution in [0.15, 0.2) is 5.16 Å². The maximum absolute atomic E-state index is 6.54. The first-order chi connectivity index (χ1) is 12.6. The fraction of sp³-hybridized carbons (Fsp3) is 0.957. The summed E-state index contributed by atoms with van der Waals surface area (Å²) in [5.74, 6) is 3.54. The molecule has 4 fully saturated rings. The first-order valence-electron chi connectivity index (χ1n) is 11.4. The van der Waals surface area contributed by atoms with Crippen LogP contribution in [-0.2, 0) is 9.26 Å². The Labute approximate surface area is 167 Å². The minimum atomic E-state index is -1.43. The van der Waals surface area contributed by atoms with Gasteiger partial charge in [0.2, 0.25) is 0 Å². The summed E-state index contributed by atoms with van der Waals surface area (Å²) < 4.78 is 6.54. The highest BCUT2D eigenvalue weighted by Gasteiger charge is 2.59. The molecule has 0 aliphatic heterocycles. The summed E-state index contributed by atoms with van der Waals surface area (Å²) in [5.41, 5.74) is 2.34. The number of hydrogen-bond donors (Lipinski definition) is 0. The predicted octanol–water partition coefficient (Wildman–Crippen LogP) is 6.25. The first kappa shape index (κ1) is 19.9. The second-order valence-corrected chi connectivity index (χ2v) is 16.2. The van der Waals surface area contributed by atoms with Crippen molar-refractivity contribution in [2.45, 2.75) is 97.4 Å². The lowest BCUT2D eigenvalue weighted by Crippen LogP contribution is -2.53. The summed E-state index contributed by atoms with van der Waals surface area (Å²) in [7, 11) is 0.273. The third-order valence-corrected chi connectivity index (χ3v) is 9.98. The van der Waals surface area contributed by atoms with Crippen LogP contribution in [0.5, 0.6) is 0 Å². The van der Waals surface area contributed by atoms with Crippen LogP contribution in [-0.4, -0.2) is 27.2 Å². The zero-order valence-electron chi connectivity index (χ0n) is 18.5. The third-order valence-electron chi connectivity index (χ3n) is 8.94. The second kappa shape index (κ2) is 6.86. The smallest absolute Gasteiger partial charge is 0.184 e. The molecule has 4 rings (SSSR count). The quantitative estimate of drug-likeness (QED) is 0.420. The highest BCUT2D eigenvalue weighted by Crippen LogP contribution is 2.66. The monoisotopic (exact) mass is 391 g/mol. The van der Waals surface area contributed by atoms with Crippen molar-refractivity contribution in [1.29, 1.82) is 0 Å². The van der Waals surface area contributed by atoms with Gasteiger partial charge in [0.15, 0.2) is 8.32 Å². The molecular weight excluding hydrogens is 350 g/mol. The van der Waals surface area contributed by atoms with Crippen molar-refractivity contribution in [2.24, 2.45) is 39.7 Å². The van der Waals surface area contributed by atoms with Gasteiger partial charge in [-0.05, 0) is 112 Å². The van der Waals surface area contributed by atoms with E-state index in [1.807, 2.05) is 0 Å². The lowest BCUT2D eigenvalue weighted by atomic mass is 9.45. The molecule has 0 bridgehead atoms. The Morgan fingerprint density at radius 2 is 1.78 bits per heavy atom. The van der Waals surface area contributed by atoms with Crippen LogP contribution in [0.25, 0.3) is 0 Å². The summed E-state index contributed by atoms with van der Waals surface area (Å²) in [6.45, 7) is 12.2. The fourth-order valence-electron chi connectivity index (χ4n) is 7.83. The molecule has 0 aromatic heterocycles. The Kier molecular flexibility index (Phi) is 5.07. The van der Waals surface area contributed by atoms with Gasteiger partial charge in [0, 0.05) is 6.10 Å². The molecule has 3 nitrogen and oxygen atoms in total. The van der Waals surface area contributed by atoms with Gasteiger partial charge in [0.05, 0.1) is 5.71 Å². The molecule has 0 heterocycles. The van der Waals surface area contributed by atoms with Crippen LogP contribution in [0, 0.1) is 34.5 Å². The Morgan fingerprint density at radius 3 is 2.48 bits per heavy atom. The predicted molar refractivity (Wildman–Crippen MR) is 114 cm³/mol. The molecule has 4 aliphatic carbocycles. The molecule has 4 aliphatic rings. The average Bonchev–Trinajstić information content (AvgIpc) is 2.90. The van der Waals surface area contributed by atoms with Gasteiger partial charge >= 0.3 is 0 Å². The standard InChI is InChI=1S/C23H41NO2Si/c1-22-11-10-20-19(21(22)14-17(15-22)24-25-3)8-7-16-13-18(26-27(4,5)6)9-12-23(16,20)2/h16,18-21H,7-15H2,1-6H3/b24-17-/t16-,18-,19+,20-,21-,22+,23-/m0/s1. The van der Waals surface area contributed by atoms with Gasteiger partial charge in [0.1, 0.15) is 7.11 Å². The maximum atomic E-state index is 6.54. The molecule has 0 aromatic carbocycles. The van der Waals surface area contributed by atoms with E-state index in [0.29, 0.717) is 16.9 Å². The average molecular weight is 392 g/mol. The molecule has 0 saturated heterocycles. The molecule has 0 aromatic rings. The summed E-state index contributed by atoms with van der Waals surface area (Å²) >= 11 is 0. The van der Waals surface area contributed by atoms with Crippen LogP contribution < -0.4 is 0 Å². The number of rotatable bonds is 3. The van der Waals surface area contributed by atoms with Crippen LogP contribution in [0.1, 0.15) is 71.6 Å². The van der Waals surface area contributed by atoms with Crippen LogP contribution in [0.2, 0.25) is 19.6 Å². The molecule has 27 heavy (non-hydrogen) atoms. The largest absolute Gasteiger partial charge is 0.415 e. The third kappa shape index (κ3) is 3.54. The van der Waals surface area contributed by atoms with Crippen LogP contribution in [0.4, 0.5) is 0 Å². The van der Waals surface area contributed by atoms with Gasteiger partial charge in [-0.1, -0.05) is 19.0 Å². The topological polar surface area (TPSA) is 30.8 Å². The van der Waals surface area contributed by atoms with E-state index >= 15 is 0 Å². The fourth-order valence-corrected chi connectivity index (χ4v) is 9.04. The van der Waals surface area contributed by atoms with E-state index in [9.17, 15) is 0 Å². The first-order valence-corrected chi connectivity index (χ1v) is 14.8. The highest BCUT2D eigenvalue weighted by atomic mass is 28.4. The second-order valence-electron chi connectivity index (χ2n) is 11.7. The number of hydrogen-bond acceptors (Lipinski definition) is 3. The van der Waals surface area contributed by atoms with Crippen molar-refractivity contribution in [2.75, 3.05) is 7.11 Å². The number of fused-ring (bicyclic) bond motifs is 5. The molecule has 0 N–H and O–H groups in total. The van der Waals surface area contributed by atoms with E-state index < -0.39 is 8.32 Å². The van der Waals surface area contributed by atoms with Gasteiger partial charge in [0.25, 0.3) is 0 Å². The summed E-state index contributed by atoms with van der Waals surface area (Å²) in [6.07, 6.45) is 12.6. The number of oxime groups is 1. The normalized spacial score (nSPS) is 48.7. The van der Waals surface area contributed by atoms with Crippen molar-refractivity contribution < 1.29 is 9.26 Å². The molecule has 4 heteroatoms. The highest BCUT2D eigenvalue weighted by molar-refractivity contribution is 6.69. The van der Waals surface area contributed by atoms with Gasteiger partial charge < -0.3 is 9.26 Å². The molecular formula is C23H41NO2Si. The molecule has 0 radical (unpaired) electrons. The van der Waals surface area contributed by atoms with Gasteiger partial charge in [-0.3, -0.25) is 0 Å². The summed E-state index contributed by atoms with van der Waals surface area (Å²) in [4.78, 5) is 5.15. The van der Waals surface area contributed by atoms with Gasteiger partial charge in [-0.15, -0.1) is 0 Å². The van der Waals surface area contributed by atoms with Crippen molar-refractivity contribution in [3.05, 3.63) is 0 Å². The van der Waals surface area contributed by atoms with Crippen molar-refractivity contribution in [3.8, 4) is 0 Å². The Morgan fingerprint density at radius 1 is 1.00 bits per heavy atom. The Hall–Kier alpha value is -0.353. The SMILES string of the molecule is CO/N=C1/C[C@H]2[C@@H]3CC[C@H]4C[C@@H](O[Si](C)(C)C)CC[C@]4(C)[C@H]3CC[C@]2(C)C1. The Bertz CT molecular complexity index is 600. The summed E-state index contributed by atoms with van der Waals surface area (Å²) in [6, 6.07) is 0. The lowest BCUT2D eigenvalue weighted by molar-refractivity contribution is -0.118. The molecule has 7 atom stereocenters. The maximum Gasteiger partial charge on any atom is 0.184 e. The van der Waals surface area contributed by atoms with Crippen molar-refractivity contribution >= 4 is 14.0 Å².